The molecule has 24 heavy (non-hydrogen) atoms. The van der Waals surface area contributed by atoms with Crippen LogP contribution in [0, 0.1) is 11.6 Å². The van der Waals surface area contributed by atoms with Crippen LogP contribution in [-0.4, -0.2) is 29.4 Å². The quantitative estimate of drug-likeness (QED) is 0.780. The fraction of sp³-hybridized carbons (Fsp3) is 0.0625. The van der Waals surface area contributed by atoms with Crippen molar-refractivity contribution >= 4 is 23.5 Å². The van der Waals surface area contributed by atoms with Crippen molar-refractivity contribution < 1.29 is 28.3 Å². The number of hydrogen-bond acceptors (Lipinski definition) is 3. The summed E-state index contributed by atoms with van der Waals surface area (Å²) in [5.74, 6) is -4.57. The minimum Gasteiger partial charge on any atom is -0.480 e. The number of carboxylic acid groups (broad SMARTS) is 1. The Morgan fingerprint density at radius 2 is 1.50 bits per heavy atom. The molecule has 0 spiro atoms. The first-order chi connectivity index (χ1) is 11.4. The molecular formula is C16H12F2N2O4. The fourth-order valence-electron chi connectivity index (χ4n) is 1.80. The van der Waals surface area contributed by atoms with Gasteiger partial charge in [0.15, 0.2) is 11.6 Å². The molecule has 124 valence electrons. The lowest BCUT2D eigenvalue weighted by Crippen LogP contribution is -2.29. The maximum absolute atomic E-state index is 13.1. The van der Waals surface area contributed by atoms with E-state index in [0.29, 0.717) is 5.69 Å². The normalized spacial score (nSPS) is 10.1. The van der Waals surface area contributed by atoms with Crippen LogP contribution in [-0.2, 0) is 4.79 Å². The molecule has 2 rings (SSSR count). The Kier molecular flexibility index (Phi) is 5.20. The number of benzene rings is 2. The van der Waals surface area contributed by atoms with Gasteiger partial charge in [0.1, 0.15) is 6.54 Å². The Hall–Kier alpha value is -3.29. The molecule has 2 aromatic rings. The first kappa shape index (κ1) is 17.1. The zero-order valence-corrected chi connectivity index (χ0v) is 12.2. The highest BCUT2D eigenvalue weighted by atomic mass is 19.2. The van der Waals surface area contributed by atoms with Crippen LogP contribution in [0.4, 0.5) is 14.5 Å². The van der Waals surface area contributed by atoms with Gasteiger partial charge in [0, 0.05) is 16.8 Å². The smallest absolute Gasteiger partial charge is 0.322 e. The lowest BCUT2D eigenvalue weighted by Gasteiger charge is -2.07. The van der Waals surface area contributed by atoms with Crippen molar-refractivity contribution in [2.45, 2.75) is 0 Å². The van der Waals surface area contributed by atoms with E-state index in [1.165, 1.54) is 24.3 Å². The second-order valence-corrected chi connectivity index (χ2v) is 4.74. The van der Waals surface area contributed by atoms with Crippen molar-refractivity contribution in [2.75, 3.05) is 11.9 Å². The molecular weight excluding hydrogens is 322 g/mol. The summed E-state index contributed by atoms with van der Waals surface area (Å²) in [6.07, 6.45) is 0. The number of halogens is 2. The van der Waals surface area contributed by atoms with E-state index in [0.717, 1.165) is 18.2 Å². The molecule has 6 nitrogen and oxygen atoms in total. The molecule has 0 bridgehead atoms. The van der Waals surface area contributed by atoms with Gasteiger partial charge in [-0.3, -0.25) is 14.4 Å². The largest absolute Gasteiger partial charge is 0.480 e. The number of amides is 2. The van der Waals surface area contributed by atoms with Crippen LogP contribution in [0.1, 0.15) is 20.7 Å². The number of carbonyl (C=O) groups excluding carboxylic acids is 2. The highest BCUT2D eigenvalue weighted by Crippen LogP contribution is 2.13. The van der Waals surface area contributed by atoms with E-state index in [1.54, 1.807) is 0 Å². The molecule has 2 amide bonds. The molecule has 0 saturated heterocycles. The van der Waals surface area contributed by atoms with Crippen molar-refractivity contribution in [3.63, 3.8) is 0 Å². The van der Waals surface area contributed by atoms with Gasteiger partial charge in [-0.15, -0.1) is 0 Å². The van der Waals surface area contributed by atoms with Gasteiger partial charge in [-0.2, -0.15) is 0 Å². The number of anilines is 1. The van der Waals surface area contributed by atoms with Gasteiger partial charge in [-0.05, 0) is 42.5 Å². The zero-order chi connectivity index (χ0) is 17.7. The van der Waals surface area contributed by atoms with Crippen molar-refractivity contribution in [3.8, 4) is 0 Å². The van der Waals surface area contributed by atoms with Gasteiger partial charge in [-0.25, -0.2) is 8.78 Å². The molecule has 0 aliphatic carbocycles. The lowest BCUT2D eigenvalue weighted by atomic mass is 10.1. The van der Waals surface area contributed by atoms with E-state index in [1.807, 2.05) is 0 Å². The van der Waals surface area contributed by atoms with Crippen LogP contribution in [0.3, 0.4) is 0 Å². The first-order valence-corrected chi connectivity index (χ1v) is 6.73. The Labute approximate surface area is 135 Å². The van der Waals surface area contributed by atoms with E-state index >= 15 is 0 Å². The van der Waals surface area contributed by atoms with Gasteiger partial charge in [0.05, 0.1) is 0 Å². The average molecular weight is 334 g/mol. The van der Waals surface area contributed by atoms with E-state index in [4.69, 9.17) is 5.11 Å². The maximum atomic E-state index is 13.1. The SMILES string of the molecule is O=C(O)CNC(=O)c1ccc(NC(=O)c2ccc(F)c(F)c2)cc1. The summed E-state index contributed by atoms with van der Waals surface area (Å²) in [5, 5.41) is 13.1. The molecule has 0 heterocycles. The van der Waals surface area contributed by atoms with Crippen LogP contribution in [0.25, 0.3) is 0 Å². The van der Waals surface area contributed by atoms with E-state index in [2.05, 4.69) is 10.6 Å². The molecule has 0 aliphatic heterocycles. The van der Waals surface area contributed by atoms with Crippen molar-refractivity contribution in [2.24, 2.45) is 0 Å². The molecule has 2 aromatic carbocycles. The molecule has 3 N–H and O–H groups in total. The predicted molar refractivity (Wildman–Crippen MR) is 80.7 cm³/mol. The molecule has 8 heteroatoms. The van der Waals surface area contributed by atoms with Crippen LogP contribution in [0.2, 0.25) is 0 Å². The summed E-state index contributed by atoms with van der Waals surface area (Å²) in [7, 11) is 0. The second-order valence-electron chi connectivity index (χ2n) is 4.74. The Morgan fingerprint density at radius 3 is 2.08 bits per heavy atom. The van der Waals surface area contributed by atoms with Crippen LogP contribution >= 0.6 is 0 Å². The Bertz CT molecular complexity index is 791. The van der Waals surface area contributed by atoms with Crippen molar-refractivity contribution in [3.05, 3.63) is 65.2 Å². The highest BCUT2D eigenvalue weighted by molar-refractivity contribution is 6.04. The Morgan fingerprint density at radius 1 is 0.875 bits per heavy atom. The topological polar surface area (TPSA) is 95.5 Å². The molecule has 0 saturated carbocycles. The van der Waals surface area contributed by atoms with Crippen molar-refractivity contribution in [1.82, 2.24) is 5.32 Å². The Balaban J connectivity index is 2.03. The monoisotopic (exact) mass is 334 g/mol. The van der Waals surface area contributed by atoms with Gasteiger partial charge in [0.25, 0.3) is 11.8 Å². The summed E-state index contributed by atoms with van der Waals surface area (Å²) < 4.78 is 25.9. The second kappa shape index (κ2) is 7.32. The first-order valence-electron chi connectivity index (χ1n) is 6.73. The standard InChI is InChI=1S/C16H12F2N2O4/c17-12-6-3-10(7-13(12)18)16(24)20-11-4-1-9(2-5-11)15(23)19-8-14(21)22/h1-7H,8H2,(H,19,23)(H,20,24)(H,21,22). The van der Waals surface area contributed by atoms with Crippen molar-refractivity contribution in [1.29, 1.82) is 0 Å². The zero-order valence-electron chi connectivity index (χ0n) is 12.2. The van der Waals surface area contributed by atoms with Gasteiger partial charge in [-0.1, -0.05) is 0 Å². The highest BCUT2D eigenvalue weighted by Gasteiger charge is 2.11. The van der Waals surface area contributed by atoms with Crippen LogP contribution in [0.5, 0.6) is 0 Å². The third-order valence-corrected chi connectivity index (χ3v) is 2.99. The maximum Gasteiger partial charge on any atom is 0.322 e. The summed E-state index contributed by atoms with van der Waals surface area (Å²) in [5.41, 5.74) is 0.485. The summed E-state index contributed by atoms with van der Waals surface area (Å²) in [6, 6.07) is 8.39. The van der Waals surface area contributed by atoms with Gasteiger partial charge >= 0.3 is 5.97 Å². The minimum atomic E-state index is -1.17. The number of aliphatic carboxylic acids is 1. The van der Waals surface area contributed by atoms with Gasteiger partial charge < -0.3 is 15.7 Å². The molecule has 0 atom stereocenters. The summed E-state index contributed by atoms with van der Waals surface area (Å²) in [4.78, 5) is 33.9. The van der Waals surface area contributed by atoms with E-state index < -0.39 is 36.0 Å². The summed E-state index contributed by atoms with van der Waals surface area (Å²) >= 11 is 0. The van der Waals surface area contributed by atoms with Crippen LogP contribution in [0.15, 0.2) is 42.5 Å². The minimum absolute atomic E-state index is 0.0582. The lowest BCUT2D eigenvalue weighted by molar-refractivity contribution is -0.135. The third-order valence-electron chi connectivity index (χ3n) is 2.99. The number of carbonyl (C=O) groups is 3. The van der Waals surface area contributed by atoms with Crippen LogP contribution < -0.4 is 10.6 Å². The van der Waals surface area contributed by atoms with Gasteiger partial charge in [0.2, 0.25) is 0 Å². The number of rotatable bonds is 5. The predicted octanol–water partition coefficient (Wildman–Crippen LogP) is 2.03. The fourth-order valence-corrected chi connectivity index (χ4v) is 1.80. The van der Waals surface area contributed by atoms with E-state index in [-0.39, 0.29) is 11.1 Å². The number of hydrogen-bond donors (Lipinski definition) is 3. The molecule has 0 unspecified atom stereocenters. The summed E-state index contributed by atoms with van der Waals surface area (Å²) in [6.45, 7) is -0.506. The molecule has 0 aliphatic rings. The number of carboxylic acids is 1. The van der Waals surface area contributed by atoms with E-state index in [9.17, 15) is 23.2 Å². The third kappa shape index (κ3) is 4.35. The molecule has 0 fully saturated rings. The average Bonchev–Trinajstić information content (AvgIpc) is 2.55. The molecule has 0 radical (unpaired) electrons. The molecule has 0 aromatic heterocycles. The number of nitrogens with one attached hydrogen (secondary N) is 2.